The summed E-state index contributed by atoms with van der Waals surface area (Å²) < 4.78 is 0. The predicted octanol–water partition coefficient (Wildman–Crippen LogP) is 1.46. The molecular formula is C15H23N3O. The lowest BCUT2D eigenvalue weighted by molar-refractivity contribution is -0.134. The van der Waals surface area contributed by atoms with Crippen LogP contribution in [0.3, 0.4) is 0 Å². The summed E-state index contributed by atoms with van der Waals surface area (Å²) in [7, 11) is 2.08. The maximum Gasteiger partial charge on any atom is 0.239 e. The maximum atomic E-state index is 11.9. The molecule has 0 bridgehead atoms. The minimum absolute atomic E-state index is 0.119. The Balaban J connectivity index is 1.76. The Kier molecular flexibility index (Phi) is 4.80. The van der Waals surface area contributed by atoms with Gasteiger partial charge in [0.15, 0.2) is 0 Å². The van der Waals surface area contributed by atoms with Gasteiger partial charge in [-0.25, -0.2) is 0 Å². The van der Waals surface area contributed by atoms with Crippen LogP contribution in [0.2, 0.25) is 0 Å². The Morgan fingerprint density at radius 3 is 2.84 bits per heavy atom. The first-order valence-electron chi connectivity index (χ1n) is 6.99. The number of benzene rings is 1. The predicted molar refractivity (Wildman–Crippen MR) is 78.1 cm³/mol. The fourth-order valence-electron chi connectivity index (χ4n) is 2.50. The number of amides is 1. The minimum Gasteiger partial charge on any atom is -0.375 e. The zero-order chi connectivity index (χ0) is 13.7. The molecule has 1 atom stereocenters. The van der Waals surface area contributed by atoms with Gasteiger partial charge >= 0.3 is 0 Å². The quantitative estimate of drug-likeness (QED) is 0.873. The average molecular weight is 261 g/mol. The largest absolute Gasteiger partial charge is 0.375 e. The van der Waals surface area contributed by atoms with Gasteiger partial charge in [-0.15, -0.1) is 0 Å². The van der Waals surface area contributed by atoms with Crippen LogP contribution in [-0.2, 0) is 4.79 Å². The lowest BCUT2D eigenvalue weighted by Gasteiger charge is -2.31. The minimum atomic E-state index is -0.277. The van der Waals surface area contributed by atoms with Crippen LogP contribution in [0.4, 0.5) is 5.69 Å². The van der Waals surface area contributed by atoms with Gasteiger partial charge in [0.1, 0.15) is 0 Å². The first-order valence-corrected chi connectivity index (χ1v) is 6.99. The third kappa shape index (κ3) is 3.70. The molecule has 1 fully saturated rings. The van der Waals surface area contributed by atoms with Gasteiger partial charge in [-0.1, -0.05) is 18.2 Å². The van der Waals surface area contributed by atoms with Crippen molar-refractivity contribution in [3.63, 3.8) is 0 Å². The Bertz CT molecular complexity index is 407. The van der Waals surface area contributed by atoms with E-state index in [0.717, 1.165) is 38.9 Å². The van der Waals surface area contributed by atoms with Crippen molar-refractivity contribution in [2.45, 2.75) is 25.3 Å². The van der Waals surface area contributed by atoms with E-state index in [2.05, 4.69) is 24.1 Å². The molecule has 0 saturated carbocycles. The fraction of sp³-hybridized carbons (Fsp3) is 0.533. The van der Waals surface area contributed by atoms with Crippen molar-refractivity contribution in [1.29, 1.82) is 0 Å². The van der Waals surface area contributed by atoms with Gasteiger partial charge in [0.2, 0.25) is 5.91 Å². The monoisotopic (exact) mass is 261 g/mol. The molecule has 19 heavy (non-hydrogen) atoms. The van der Waals surface area contributed by atoms with Crippen LogP contribution >= 0.6 is 0 Å². The molecule has 1 aromatic carbocycles. The third-order valence-corrected chi connectivity index (χ3v) is 3.69. The van der Waals surface area contributed by atoms with Crippen molar-refractivity contribution < 1.29 is 4.79 Å². The number of rotatable bonds is 5. The van der Waals surface area contributed by atoms with E-state index in [1.165, 1.54) is 5.69 Å². The SMILES string of the molecule is CN(CCCN1CCCC(N)C1=O)c1ccccc1. The topological polar surface area (TPSA) is 49.6 Å². The van der Waals surface area contributed by atoms with Gasteiger partial charge < -0.3 is 15.5 Å². The molecule has 0 aromatic heterocycles. The second kappa shape index (κ2) is 6.57. The van der Waals surface area contributed by atoms with Crippen LogP contribution in [0.25, 0.3) is 0 Å². The lowest BCUT2D eigenvalue weighted by atomic mass is 10.1. The molecule has 1 amide bonds. The summed E-state index contributed by atoms with van der Waals surface area (Å²) in [6, 6.07) is 10.0. The summed E-state index contributed by atoms with van der Waals surface area (Å²) in [4.78, 5) is 16.0. The molecule has 1 unspecified atom stereocenters. The summed E-state index contributed by atoms with van der Waals surface area (Å²) in [5.41, 5.74) is 7.00. The molecule has 1 heterocycles. The molecule has 0 radical (unpaired) electrons. The molecule has 1 aliphatic rings. The summed E-state index contributed by atoms with van der Waals surface area (Å²) in [6.45, 7) is 2.62. The van der Waals surface area contributed by atoms with Crippen LogP contribution in [0.5, 0.6) is 0 Å². The van der Waals surface area contributed by atoms with Crippen molar-refractivity contribution in [2.24, 2.45) is 5.73 Å². The highest BCUT2D eigenvalue weighted by molar-refractivity contribution is 5.82. The van der Waals surface area contributed by atoms with Gasteiger partial charge in [-0.05, 0) is 31.4 Å². The van der Waals surface area contributed by atoms with E-state index in [1.807, 2.05) is 23.1 Å². The molecule has 0 aliphatic carbocycles. The van der Waals surface area contributed by atoms with E-state index in [4.69, 9.17) is 5.73 Å². The summed E-state index contributed by atoms with van der Waals surface area (Å²) >= 11 is 0. The highest BCUT2D eigenvalue weighted by Gasteiger charge is 2.24. The standard InChI is InChI=1S/C15H23N3O/c1-17(13-7-3-2-4-8-13)10-6-12-18-11-5-9-14(16)15(18)19/h2-4,7-8,14H,5-6,9-12,16H2,1H3. The maximum absolute atomic E-state index is 11.9. The first kappa shape index (κ1) is 13.9. The smallest absolute Gasteiger partial charge is 0.239 e. The number of anilines is 1. The highest BCUT2D eigenvalue weighted by Crippen LogP contribution is 2.13. The number of nitrogens with zero attached hydrogens (tertiary/aromatic N) is 2. The molecule has 104 valence electrons. The summed E-state index contributed by atoms with van der Waals surface area (Å²) in [5.74, 6) is 0.119. The average Bonchev–Trinajstić information content (AvgIpc) is 2.44. The second-order valence-corrected chi connectivity index (χ2v) is 5.18. The van der Waals surface area contributed by atoms with Crippen LogP contribution in [0.1, 0.15) is 19.3 Å². The van der Waals surface area contributed by atoms with Gasteiger partial charge in [0.05, 0.1) is 6.04 Å². The Morgan fingerprint density at radius 1 is 1.37 bits per heavy atom. The molecule has 1 aliphatic heterocycles. The number of carbonyl (C=O) groups is 1. The molecule has 2 N–H and O–H groups in total. The Hall–Kier alpha value is -1.55. The van der Waals surface area contributed by atoms with Gasteiger partial charge in [0.25, 0.3) is 0 Å². The van der Waals surface area contributed by atoms with Crippen LogP contribution in [0, 0.1) is 0 Å². The number of carbonyl (C=O) groups excluding carboxylic acids is 1. The van der Waals surface area contributed by atoms with Crippen LogP contribution in [-0.4, -0.2) is 43.5 Å². The van der Waals surface area contributed by atoms with Gasteiger partial charge in [0, 0.05) is 32.4 Å². The molecule has 0 spiro atoms. The molecule has 1 aromatic rings. The van der Waals surface area contributed by atoms with Crippen molar-refractivity contribution >= 4 is 11.6 Å². The van der Waals surface area contributed by atoms with Crippen molar-refractivity contribution in [1.82, 2.24) is 4.90 Å². The normalized spacial score (nSPS) is 19.6. The van der Waals surface area contributed by atoms with Gasteiger partial charge in [-0.3, -0.25) is 4.79 Å². The summed E-state index contributed by atoms with van der Waals surface area (Å²) in [6.07, 6.45) is 2.84. The third-order valence-electron chi connectivity index (χ3n) is 3.69. The molecule has 4 heteroatoms. The van der Waals surface area contributed by atoms with E-state index in [0.29, 0.717) is 0 Å². The molecule has 4 nitrogen and oxygen atoms in total. The zero-order valence-corrected chi connectivity index (χ0v) is 11.6. The van der Waals surface area contributed by atoms with E-state index in [-0.39, 0.29) is 11.9 Å². The van der Waals surface area contributed by atoms with Crippen LogP contribution < -0.4 is 10.6 Å². The van der Waals surface area contributed by atoms with Crippen molar-refractivity contribution in [2.75, 3.05) is 31.6 Å². The van der Waals surface area contributed by atoms with E-state index in [9.17, 15) is 4.79 Å². The fourth-order valence-corrected chi connectivity index (χ4v) is 2.50. The van der Waals surface area contributed by atoms with Crippen molar-refractivity contribution in [3.8, 4) is 0 Å². The second-order valence-electron chi connectivity index (χ2n) is 5.18. The Labute approximate surface area is 115 Å². The first-order chi connectivity index (χ1) is 9.18. The molecule has 1 saturated heterocycles. The van der Waals surface area contributed by atoms with Crippen LogP contribution in [0.15, 0.2) is 30.3 Å². The van der Waals surface area contributed by atoms with E-state index < -0.39 is 0 Å². The van der Waals surface area contributed by atoms with E-state index >= 15 is 0 Å². The number of likely N-dealkylation sites (tertiary alicyclic amines) is 1. The van der Waals surface area contributed by atoms with Gasteiger partial charge in [-0.2, -0.15) is 0 Å². The van der Waals surface area contributed by atoms with E-state index in [1.54, 1.807) is 0 Å². The molecular weight excluding hydrogens is 238 g/mol. The lowest BCUT2D eigenvalue weighted by Crippen LogP contribution is -2.48. The number of hydrogen-bond donors (Lipinski definition) is 1. The number of nitrogens with two attached hydrogens (primary N) is 1. The molecule has 2 rings (SSSR count). The number of piperidine rings is 1. The van der Waals surface area contributed by atoms with Crippen molar-refractivity contribution in [3.05, 3.63) is 30.3 Å². The zero-order valence-electron chi connectivity index (χ0n) is 11.6. The summed E-state index contributed by atoms with van der Waals surface area (Å²) in [5, 5.41) is 0. The highest BCUT2D eigenvalue weighted by atomic mass is 16.2. The number of hydrogen-bond acceptors (Lipinski definition) is 3. The number of para-hydroxylation sites is 1. The Morgan fingerprint density at radius 2 is 2.11 bits per heavy atom.